The number of benzene rings is 1. The highest BCUT2D eigenvalue weighted by Gasteiger charge is 2.20. The average molecular weight is 370 g/mol. The number of aliphatic carboxylic acids is 1. The van der Waals surface area contributed by atoms with E-state index < -0.39 is 18.4 Å². The molecule has 0 spiro atoms. The van der Waals surface area contributed by atoms with Crippen molar-refractivity contribution in [2.75, 3.05) is 11.4 Å². The van der Waals surface area contributed by atoms with Crippen LogP contribution in [-0.2, 0) is 4.79 Å². The summed E-state index contributed by atoms with van der Waals surface area (Å²) in [6.45, 7) is -0.444. The number of halogens is 2. The quantitative estimate of drug-likeness (QED) is 0.840. The van der Waals surface area contributed by atoms with Gasteiger partial charge in [0.05, 0.1) is 0 Å². The minimum absolute atomic E-state index is 0.341. The second kappa shape index (κ2) is 6.69. The zero-order valence-electron chi connectivity index (χ0n) is 10.7. The van der Waals surface area contributed by atoms with Crippen LogP contribution in [0.4, 0.5) is 5.69 Å². The van der Waals surface area contributed by atoms with Crippen molar-refractivity contribution >= 4 is 45.1 Å². The Hall–Kier alpha value is -1.92. The molecule has 0 atom stereocenters. The lowest BCUT2D eigenvalue weighted by molar-refractivity contribution is -0.135. The standard InChI is InChI=1S/C14H10BrClN2O3/c15-12-7-9(5-6-17-12)14(21)18(8-13(19)20)11-3-1-10(16)2-4-11/h1-7H,8H2,(H,19,20). The van der Waals surface area contributed by atoms with Crippen molar-refractivity contribution < 1.29 is 14.7 Å². The second-order valence-corrected chi connectivity index (χ2v) is 5.38. The molecule has 7 heteroatoms. The first-order chi connectivity index (χ1) is 9.97. The highest BCUT2D eigenvalue weighted by molar-refractivity contribution is 9.10. The third kappa shape index (κ3) is 4.03. The number of aromatic nitrogens is 1. The Labute approximate surface area is 134 Å². The number of hydrogen-bond acceptors (Lipinski definition) is 3. The second-order valence-electron chi connectivity index (χ2n) is 4.13. The molecule has 0 saturated heterocycles. The third-order valence-electron chi connectivity index (χ3n) is 2.65. The molecule has 2 rings (SSSR count). The number of hydrogen-bond donors (Lipinski definition) is 1. The predicted octanol–water partition coefficient (Wildman–Crippen LogP) is 3.23. The van der Waals surface area contributed by atoms with Gasteiger partial charge in [-0.1, -0.05) is 11.6 Å². The smallest absolute Gasteiger partial charge is 0.323 e. The van der Waals surface area contributed by atoms with Crippen molar-refractivity contribution in [1.82, 2.24) is 4.98 Å². The molecule has 1 heterocycles. The maximum atomic E-state index is 12.5. The summed E-state index contributed by atoms with van der Waals surface area (Å²) in [5.74, 6) is -1.53. The summed E-state index contributed by atoms with van der Waals surface area (Å²) in [6.07, 6.45) is 1.47. The van der Waals surface area contributed by atoms with E-state index in [1.807, 2.05) is 0 Å². The van der Waals surface area contributed by atoms with Gasteiger partial charge in [-0.15, -0.1) is 0 Å². The minimum atomic E-state index is -1.11. The number of rotatable bonds is 4. The normalized spacial score (nSPS) is 10.2. The number of amides is 1. The summed E-state index contributed by atoms with van der Waals surface area (Å²) >= 11 is 8.99. The van der Waals surface area contributed by atoms with Crippen LogP contribution in [0.3, 0.4) is 0 Å². The maximum absolute atomic E-state index is 12.5. The molecule has 1 aromatic heterocycles. The number of carbonyl (C=O) groups is 2. The Morgan fingerprint density at radius 3 is 2.48 bits per heavy atom. The molecule has 5 nitrogen and oxygen atoms in total. The van der Waals surface area contributed by atoms with Crippen LogP contribution < -0.4 is 4.90 Å². The maximum Gasteiger partial charge on any atom is 0.323 e. The van der Waals surface area contributed by atoms with E-state index >= 15 is 0 Å². The molecule has 108 valence electrons. The zero-order valence-corrected chi connectivity index (χ0v) is 13.0. The molecular formula is C14H10BrClN2O3. The number of carbonyl (C=O) groups excluding carboxylic acids is 1. The van der Waals surface area contributed by atoms with Crippen LogP contribution in [-0.4, -0.2) is 28.5 Å². The molecule has 1 N–H and O–H groups in total. The van der Waals surface area contributed by atoms with Gasteiger partial charge in [-0.2, -0.15) is 0 Å². The summed E-state index contributed by atoms with van der Waals surface area (Å²) in [4.78, 5) is 28.6. The molecule has 0 aliphatic rings. The van der Waals surface area contributed by atoms with Gasteiger partial charge in [-0.05, 0) is 52.3 Å². The Kier molecular flexibility index (Phi) is 4.93. The van der Waals surface area contributed by atoms with Crippen molar-refractivity contribution in [1.29, 1.82) is 0 Å². The SMILES string of the molecule is O=C(O)CN(C(=O)c1ccnc(Br)c1)c1ccc(Cl)cc1. The first-order valence-electron chi connectivity index (χ1n) is 5.88. The van der Waals surface area contributed by atoms with Gasteiger partial charge in [0.15, 0.2) is 0 Å². The van der Waals surface area contributed by atoms with Crippen LogP contribution >= 0.6 is 27.5 Å². The molecule has 21 heavy (non-hydrogen) atoms. The number of anilines is 1. The number of nitrogens with zero attached hydrogens (tertiary/aromatic N) is 2. The molecule has 0 fully saturated rings. The molecule has 0 radical (unpaired) electrons. The molecule has 0 unspecified atom stereocenters. The fourth-order valence-electron chi connectivity index (χ4n) is 1.73. The Morgan fingerprint density at radius 2 is 1.90 bits per heavy atom. The number of carboxylic acid groups (broad SMARTS) is 1. The molecule has 0 aliphatic carbocycles. The molecule has 1 amide bonds. The lowest BCUT2D eigenvalue weighted by Gasteiger charge is -2.21. The first-order valence-corrected chi connectivity index (χ1v) is 7.05. The van der Waals surface area contributed by atoms with Gasteiger partial charge < -0.3 is 5.11 Å². The molecule has 0 bridgehead atoms. The van der Waals surface area contributed by atoms with Crippen molar-refractivity contribution in [2.24, 2.45) is 0 Å². The van der Waals surface area contributed by atoms with Gasteiger partial charge >= 0.3 is 5.97 Å². The van der Waals surface area contributed by atoms with E-state index in [9.17, 15) is 9.59 Å². The Morgan fingerprint density at radius 1 is 1.24 bits per heavy atom. The summed E-state index contributed by atoms with van der Waals surface area (Å²) in [6, 6.07) is 9.45. The third-order valence-corrected chi connectivity index (χ3v) is 3.34. The van der Waals surface area contributed by atoms with E-state index in [4.69, 9.17) is 16.7 Å². The highest BCUT2D eigenvalue weighted by Crippen LogP contribution is 2.20. The Bertz CT molecular complexity index is 676. The largest absolute Gasteiger partial charge is 0.480 e. The van der Waals surface area contributed by atoms with Crippen molar-refractivity contribution in [3.05, 3.63) is 57.8 Å². The van der Waals surface area contributed by atoms with E-state index in [-0.39, 0.29) is 0 Å². The molecule has 0 saturated carbocycles. The lowest BCUT2D eigenvalue weighted by Crippen LogP contribution is -2.35. The minimum Gasteiger partial charge on any atom is -0.480 e. The van der Waals surface area contributed by atoms with E-state index in [2.05, 4.69) is 20.9 Å². The van der Waals surface area contributed by atoms with Crippen LogP contribution in [0.2, 0.25) is 5.02 Å². The fourth-order valence-corrected chi connectivity index (χ4v) is 2.22. The predicted molar refractivity (Wildman–Crippen MR) is 82.7 cm³/mol. The number of pyridine rings is 1. The van der Waals surface area contributed by atoms with Gasteiger partial charge in [-0.25, -0.2) is 4.98 Å². The van der Waals surface area contributed by atoms with Crippen LogP contribution in [0.25, 0.3) is 0 Å². The van der Waals surface area contributed by atoms with Gasteiger partial charge in [0.1, 0.15) is 11.1 Å². The van der Waals surface area contributed by atoms with Crippen LogP contribution in [0.15, 0.2) is 47.2 Å². The molecule has 1 aromatic carbocycles. The van der Waals surface area contributed by atoms with Gasteiger partial charge in [-0.3, -0.25) is 14.5 Å². The van der Waals surface area contributed by atoms with E-state index in [0.717, 1.165) is 0 Å². The topological polar surface area (TPSA) is 70.5 Å². The van der Waals surface area contributed by atoms with Crippen molar-refractivity contribution in [3.8, 4) is 0 Å². The van der Waals surface area contributed by atoms with Crippen molar-refractivity contribution in [3.63, 3.8) is 0 Å². The first kappa shape index (κ1) is 15.5. The lowest BCUT2D eigenvalue weighted by atomic mass is 10.2. The Balaban J connectivity index is 2.38. The van der Waals surface area contributed by atoms with Gasteiger partial charge in [0, 0.05) is 22.5 Å². The zero-order chi connectivity index (χ0) is 15.4. The van der Waals surface area contributed by atoms with E-state index in [0.29, 0.717) is 20.9 Å². The molecular weight excluding hydrogens is 360 g/mol. The summed E-state index contributed by atoms with van der Waals surface area (Å²) < 4.78 is 0.500. The molecule has 2 aromatic rings. The van der Waals surface area contributed by atoms with E-state index in [1.165, 1.54) is 23.2 Å². The van der Waals surface area contributed by atoms with Crippen LogP contribution in [0.5, 0.6) is 0 Å². The average Bonchev–Trinajstić information content (AvgIpc) is 2.45. The van der Waals surface area contributed by atoms with Crippen LogP contribution in [0, 0.1) is 0 Å². The van der Waals surface area contributed by atoms with Gasteiger partial charge in [0.2, 0.25) is 0 Å². The highest BCUT2D eigenvalue weighted by atomic mass is 79.9. The van der Waals surface area contributed by atoms with E-state index in [1.54, 1.807) is 24.3 Å². The van der Waals surface area contributed by atoms with Crippen LogP contribution in [0.1, 0.15) is 10.4 Å². The van der Waals surface area contributed by atoms with Gasteiger partial charge in [0.25, 0.3) is 5.91 Å². The summed E-state index contributed by atoms with van der Waals surface area (Å²) in [7, 11) is 0. The monoisotopic (exact) mass is 368 g/mol. The summed E-state index contributed by atoms with van der Waals surface area (Å²) in [5, 5.41) is 9.52. The number of carboxylic acids is 1. The molecule has 0 aliphatic heterocycles. The summed E-state index contributed by atoms with van der Waals surface area (Å²) in [5.41, 5.74) is 0.799. The van der Waals surface area contributed by atoms with Crippen molar-refractivity contribution in [2.45, 2.75) is 0 Å². The fraction of sp³-hybridized carbons (Fsp3) is 0.0714.